The molecule has 4 heteroatoms. The van der Waals surface area contributed by atoms with E-state index in [1.165, 1.54) is 18.2 Å². The summed E-state index contributed by atoms with van der Waals surface area (Å²) in [5, 5.41) is 8.81. The minimum atomic E-state index is -0.921. The van der Waals surface area contributed by atoms with Crippen molar-refractivity contribution in [3.05, 3.63) is 34.6 Å². The Labute approximate surface area is 86.3 Å². The number of carbonyl (C=O) groups is 1. The largest absolute Gasteiger partial charge is 0.481 e. The summed E-state index contributed by atoms with van der Waals surface area (Å²) in [6.45, 7) is 1.76. The molecule has 0 aliphatic rings. The van der Waals surface area contributed by atoms with Crippen LogP contribution in [0.1, 0.15) is 24.8 Å². The van der Waals surface area contributed by atoms with Crippen LogP contribution in [0.4, 0.5) is 4.39 Å². The average Bonchev–Trinajstić information content (AvgIpc) is 2.11. The van der Waals surface area contributed by atoms with Crippen LogP contribution in [-0.4, -0.2) is 11.1 Å². The fourth-order valence-electron chi connectivity index (χ4n) is 1.28. The van der Waals surface area contributed by atoms with Gasteiger partial charge in [0.25, 0.3) is 0 Å². The third-order valence-electron chi connectivity index (χ3n) is 2.05. The van der Waals surface area contributed by atoms with Crippen molar-refractivity contribution < 1.29 is 14.3 Å². The molecule has 0 spiro atoms. The zero-order valence-corrected chi connectivity index (χ0v) is 8.38. The van der Waals surface area contributed by atoms with E-state index < -0.39 is 17.7 Å². The number of aliphatic carboxylic acids is 1. The summed E-state index contributed by atoms with van der Waals surface area (Å²) < 4.78 is 12.8. The second kappa shape index (κ2) is 4.42. The van der Waals surface area contributed by atoms with Gasteiger partial charge in [-0.25, -0.2) is 4.39 Å². The van der Waals surface area contributed by atoms with Gasteiger partial charge in [-0.1, -0.05) is 24.6 Å². The van der Waals surface area contributed by atoms with Crippen LogP contribution in [0, 0.1) is 5.82 Å². The Morgan fingerprint density at radius 1 is 1.64 bits per heavy atom. The molecular weight excluding hydrogens is 207 g/mol. The van der Waals surface area contributed by atoms with Gasteiger partial charge in [0.1, 0.15) is 5.82 Å². The topological polar surface area (TPSA) is 37.3 Å². The number of halogens is 2. The molecule has 0 saturated heterocycles. The summed E-state index contributed by atoms with van der Waals surface area (Å²) >= 11 is 5.55. The number of hydrogen-bond donors (Lipinski definition) is 1. The first-order chi connectivity index (χ1) is 6.56. The molecule has 1 N–H and O–H groups in total. The van der Waals surface area contributed by atoms with Crippen LogP contribution in [-0.2, 0) is 4.79 Å². The Hall–Kier alpha value is -1.09. The van der Waals surface area contributed by atoms with Crippen LogP contribution in [0.5, 0.6) is 0 Å². The van der Waals surface area contributed by atoms with Crippen molar-refractivity contribution in [2.75, 3.05) is 0 Å². The number of hydrogen-bond acceptors (Lipinski definition) is 1. The maximum Gasteiger partial charge on any atom is 0.310 e. The van der Waals surface area contributed by atoms with E-state index in [1.54, 1.807) is 6.92 Å². The molecule has 1 aromatic carbocycles. The first-order valence-electron chi connectivity index (χ1n) is 4.24. The van der Waals surface area contributed by atoms with Gasteiger partial charge in [-0.2, -0.15) is 0 Å². The highest BCUT2D eigenvalue weighted by Gasteiger charge is 2.18. The highest BCUT2D eigenvalue weighted by Crippen LogP contribution is 2.24. The van der Waals surface area contributed by atoms with E-state index >= 15 is 0 Å². The molecule has 0 saturated carbocycles. The van der Waals surface area contributed by atoms with Gasteiger partial charge in [-0.05, 0) is 24.1 Å². The molecule has 1 atom stereocenters. The summed E-state index contributed by atoms with van der Waals surface area (Å²) in [5.74, 6) is -2.07. The maximum absolute atomic E-state index is 12.8. The molecule has 0 amide bonds. The van der Waals surface area contributed by atoms with Gasteiger partial charge in [-0.15, -0.1) is 0 Å². The standard InChI is InChI=1S/C10H10ClFO2/c1-2-7(10(13)14)6-3-4-9(12)8(11)5-6/h3-5,7H,2H2,1H3,(H,13,14). The quantitative estimate of drug-likeness (QED) is 0.843. The zero-order chi connectivity index (χ0) is 10.7. The van der Waals surface area contributed by atoms with Crippen LogP contribution >= 0.6 is 11.6 Å². The molecule has 0 bridgehead atoms. The summed E-state index contributed by atoms with van der Waals surface area (Å²) in [6.07, 6.45) is 0.456. The van der Waals surface area contributed by atoms with Crippen LogP contribution in [0.15, 0.2) is 18.2 Å². The molecule has 1 unspecified atom stereocenters. The van der Waals surface area contributed by atoms with Crippen molar-refractivity contribution in [2.24, 2.45) is 0 Å². The van der Waals surface area contributed by atoms with E-state index in [0.29, 0.717) is 12.0 Å². The summed E-state index contributed by atoms with van der Waals surface area (Å²) in [5.41, 5.74) is 0.534. The Bertz CT molecular complexity index is 352. The molecule has 0 radical (unpaired) electrons. The van der Waals surface area contributed by atoms with Crippen molar-refractivity contribution in [3.8, 4) is 0 Å². The maximum atomic E-state index is 12.8. The van der Waals surface area contributed by atoms with Gasteiger partial charge in [0.15, 0.2) is 0 Å². The predicted molar refractivity (Wildman–Crippen MR) is 52.1 cm³/mol. The van der Waals surface area contributed by atoms with Crippen LogP contribution in [0.3, 0.4) is 0 Å². The first kappa shape index (κ1) is 11.0. The van der Waals surface area contributed by atoms with Gasteiger partial charge >= 0.3 is 5.97 Å². The fraction of sp³-hybridized carbons (Fsp3) is 0.300. The van der Waals surface area contributed by atoms with E-state index in [2.05, 4.69) is 0 Å². The van der Waals surface area contributed by atoms with E-state index in [9.17, 15) is 9.18 Å². The lowest BCUT2D eigenvalue weighted by Gasteiger charge is -2.10. The van der Waals surface area contributed by atoms with Crippen molar-refractivity contribution >= 4 is 17.6 Å². The third-order valence-corrected chi connectivity index (χ3v) is 2.34. The lowest BCUT2D eigenvalue weighted by molar-refractivity contribution is -0.138. The molecule has 1 rings (SSSR count). The van der Waals surface area contributed by atoms with Gasteiger partial charge in [0.05, 0.1) is 10.9 Å². The highest BCUT2D eigenvalue weighted by atomic mass is 35.5. The van der Waals surface area contributed by atoms with Gasteiger partial charge in [0, 0.05) is 0 Å². The van der Waals surface area contributed by atoms with Crippen LogP contribution < -0.4 is 0 Å². The number of benzene rings is 1. The van der Waals surface area contributed by atoms with Crippen molar-refractivity contribution in [1.29, 1.82) is 0 Å². The molecule has 1 aromatic rings. The molecule has 0 aliphatic carbocycles. The SMILES string of the molecule is CCC(C(=O)O)c1ccc(F)c(Cl)c1. The molecule has 0 heterocycles. The lowest BCUT2D eigenvalue weighted by Crippen LogP contribution is -2.10. The van der Waals surface area contributed by atoms with E-state index in [-0.39, 0.29) is 5.02 Å². The molecule has 76 valence electrons. The second-order valence-electron chi connectivity index (χ2n) is 2.97. The molecule has 0 aromatic heterocycles. The van der Waals surface area contributed by atoms with Gasteiger partial charge in [0.2, 0.25) is 0 Å². The summed E-state index contributed by atoms with van der Waals surface area (Å²) in [6, 6.07) is 3.99. The monoisotopic (exact) mass is 216 g/mol. The average molecular weight is 217 g/mol. The lowest BCUT2D eigenvalue weighted by atomic mass is 9.97. The normalized spacial score (nSPS) is 12.5. The number of carboxylic acids is 1. The van der Waals surface area contributed by atoms with E-state index in [1.807, 2.05) is 0 Å². The minimum Gasteiger partial charge on any atom is -0.481 e. The number of rotatable bonds is 3. The highest BCUT2D eigenvalue weighted by molar-refractivity contribution is 6.30. The first-order valence-corrected chi connectivity index (χ1v) is 4.61. The Kier molecular flexibility index (Phi) is 3.47. The zero-order valence-electron chi connectivity index (χ0n) is 7.63. The molecule has 0 aliphatic heterocycles. The minimum absolute atomic E-state index is 0.0396. The Balaban J connectivity index is 3.06. The second-order valence-corrected chi connectivity index (χ2v) is 3.38. The van der Waals surface area contributed by atoms with E-state index in [0.717, 1.165) is 0 Å². The fourth-order valence-corrected chi connectivity index (χ4v) is 1.47. The molecule has 2 nitrogen and oxygen atoms in total. The van der Waals surface area contributed by atoms with Crippen molar-refractivity contribution in [2.45, 2.75) is 19.3 Å². The summed E-state index contributed by atoms with van der Waals surface area (Å²) in [7, 11) is 0. The van der Waals surface area contributed by atoms with Gasteiger partial charge in [-0.3, -0.25) is 4.79 Å². The van der Waals surface area contributed by atoms with Crippen molar-refractivity contribution in [3.63, 3.8) is 0 Å². The molecular formula is C10H10ClFO2. The number of carboxylic acid groups (broad SMARTS) is 1. The van der Waals surface area contributed by atoms with Crippen LogP contribution in [0.25, 0.3) is 0 Å². The summed E-state index contributed by atoms with van der Waals surface area (Å²) in [4.78, 5) is 10.8. The van der Waals surface area contributed by atoms with Gasteiger partial charge < -0.3 is 5.11 Å². The Morgan fingerprint density at radius 2 is 2.29 bits per heavy atom. The third kappa shape index (κ3) is 2.23. The van der Waals surface area contributed by atoms with Crippen molar-refractivity contribution in [1.82, 2.24) is 0 Å². The molecule has 14 heavy (non-hydrogen) atoms. The van der Waals surface area contributed by atoms with E-state index in [4.69, 9.17) is 16.7 Å². The smallest absolute Gasteiger partial charge is 0.310 e. The molecule has 0 fully saturated rings. The van der Waals surface area contributed by atoms with Crippen LogP contribution in [0.2, 0.25) is 5.02 Å². The predicted octanol–water partition coefficient (Wildman–Crippen LogP) is 3.06. The Morgan fingerprint density at radius 3 is 2.71 bits per heavy atom.